The average Bonchev–Trinajstić information content (AvgIpc) is 2.20. The normalized spacial score (nSPS) is 11.9. The molecule has 0 saturated heterocycles. The molecule has 0 aliphatic carbocycles. The highest BCUT2D eigenvalue weighted by molar-refractivity contribution is 5.37. The van der Waals surface area contributed by atoms with Crippen molar-refractivity contribution in [2.45, 2.75) is 19.6 Å². The molecule has 0 fully saturated rings. The van der Waals surface area contributed by atoms with Crippen molar-refractivity contribution in [3.05, 3.63) is 30.1 Å². The fraction of sp³-hybridized carbons (Fsp3) is 0.300. The quantitative estimate of drug-likeness (QED) is 0.537. The van der Waals surface area contributed by atoms with Gasteiger partial charge in [0.15, 0.2) is 11.6 Å². The topological polar surface area (TPSA) is 35.5 Å². The predicted octanol–water partition coefficient (Wildman–Crippen LogP) is 2.11. The first-order chi connectivity index (χ1) is 6.77. The summed E-state index contributed by atoms with van der Waals surface area (Å²) in [6.07, 6.45) is -0.267. The van der Waals surface area contributed by atoms with Gasteiger partial charge in [0.1, 0.15) is 0 Å². The fourth-order valence-corrected chi connectivity index (χ4v) is 0.951. The molecule has 0 aliphatic rings. The van der Waals surface area contributed by atoms with Gasteiger partial charge in [-0.3, -0.25) is 4.79 Å². The summed E-state index contributed by atoms with van der Waals surface area (Å²) in [5.74, 6) is -0.387. The summed E-state index contributed by atoms with van der Waals surface area (Å²) in [5.41, 5.74) is 0. The van der Waals surface area contributed by atoms with E-state index in [0.29, 0.717) is 6.42 Å². The van der Waals surface area contributed by atoms with Crippen molar-refractivity contribution in [1.82, 2.24) is 0 Å². The third-order valence-corrected chi connectivity index (χ3v) is 1.64. The molecule has 0 aliphatic heterocycles. The van der Waals surface area contributed by atoms with Gasteiger partial charge in [-0.2, -0.15) is 0 Å². The van der Waals surface area contributed by atoms with Crippen molar-refractivity contribution in [2.24, 2.45) is 0 Å². The van der Waals surface area contributed by atoms with E-state index in [0.717, 1.165) is 0 Å². The van der Waals surface area contributed by atoms with E-state index < -0.39 is 12.1 Å². The number of para-hydroxylation sites is 1. The third-order valence-electron chi connectivity index (χ3n) is 1.64. The summed E-state index contributed by atoms with van der Waals surface area (Å²) < 4.78 is 22.7. The van der Waals surface area contributed by atoms with Crippen LogP contribution >= 0.6 is 0 Å². The molecule has 0 spiro atoms. The van der Waals surface area contributed by atoms with Gasteiger partial charge in [-0.1, -0.05) is 19.1 Å². The second kappa shape index (κ2) is 5.21. The van der Waals surface area contributed by atoms with Gasteiger partial charge in [-0.05, 0) is 12.1 Å². The van der Waals surface area contributed by atoms with Gasteiger partial charge in [0.25, 0.3) is 6.47 Å². The minimum absolute atomic E-state index is 0.0844. The van der Waals surface area contributed by atoms with E-state index in [4.69, 9.17) is 4.74 Å². The molecular formula is C10H11FO3. The lowest BCUT2D eigenvalue weighted by Gasteiger charge is -2.15. The Morgan fingerprint density at radius 1 is 1.50 bits per heavy atom. The zero-order valence-corrected chi connectivity index (χ0v) is 7.77. The Bertz CT molecular complexity index is 301. The lowest BCUT2D eigenvalue weighted by Crippen LogP contribution is -2.19. The molecule has 4 heteroatoms. The molecule has 0 bridgehead atoms. The van der Waals surface area contributed by atoms with Crippen LogP contribution in [0.1, 0.15) is 13.3 Å². The van der Waals surface area contributed by atoms with Crippen molar-refractivity contribution < 1.29 is 18.7 Å². The molecule has 76 valence electrons. The molecule has 1 aromatic rings. The molecule has 1 atom stereocenters. The van der Waals surface area contributed by atoms with Gasteiger partial charge < -0.3 is 9.47 Å². The Labute approximate surface area is 81.4 Å². The van der Waals surface area contributed by atoms with Crippen LogP contribution < -0.4 is 4.74 Å². The number of benzene rings is 1. The highest BCUT2D eigenvalue weighted by atomic mass is 19.1. The standard InChI is InChI=1S/C10H11FO3/c1-2-10(13-7-12)14-9-6-4-3-5-8(9)11/h3-7,10H,2H2,1H3. The lowest BCUT2D eigenvalue weighted by atomic mass is 10.3. The Balaban J connectivity index is 2.66. The summed E-state index contributed by atoms with van der Waals surface area (Å²) in [5, 5.41) is 0. The van der Waals surface area contributed by atoms with Crippen LogP contribution in [0.5, 0.6) is 5.75 Å². The Kier molecular flexibility index (Phi) is 3.91. The molecule has 1 aromatic carbocycles. The smallest absolute Gasteiger partial charge is 0.296 e. The van der Waals surface area contributed by atoms with Gasteiger partial charge in [0.2, 0.25) is 6.29 Å². The largest absolute Gasteiger partial charge is 0.452 e. The summed E-state index contributed by atoms with van der Waals surface area (Å²) in [6.45, 7) is 2.06. The zero-order chi connectivity index (χ0) is 10.4. The van der Waals surface area contributed by atoms with E-state index in [9.17, 15) is 9.18 Å². The number of halogens is 1. The SMILES string of the molecule is CCC(OC=O)Oc1ccccc1F. The molecule has 3 nitrogen and oxygen atoms in total. The monoisotopic (exact) mass is 198 g/mol. The minimum Gasteiger partial charge on any atom is -0.452 e. The van der Waals surface area contributed by atoms with E-state index in [2.05, 4.69) is 4.74 Å². The highest BCUT2D eigenvalue weighted by Gasteiger charge is 2.10. The number of hydrogen-bond acceptors (Lipinski definition) is 3. The highest BCUT2D eigenvalue weighted by Crippen LogP contribution is 2.17. The summed E-state index contributed by atoms with van der Waals surface area (Å²) >= 11 is 0. The number of hydrogen-bond donors (Lipinski definition) is 0. The van der Waals surface area contributed by atoms with E-state index in [1.165, 1.54) is 12.1 Å². The lowest BCUT2D eigenvalue weighted by molar-refractivity contribution is -0.148. The van der Waals surface area contributed by atoms with Crippen LogP contribution in [-0.2, 0) is 9.53 Å². The number of carbonyl (C=O) groups excluding carboxylic acids is 1. The molecule has 0 heterocycles. The molecule has 0 N–H and O–H groups in total. The van der Waals surface area contributed by atoms with E-state index >= 15 is 0 Å². The van der Waals surface area contributed by atoms with Crippen LogP contribution in [0.25, 0.3) is 0 Å². The number of rotatable bonds is 5. The van der Waals surface area contributed by atoms with Crippen molar-refractivity contribution in [1.29, 1.82) is 0 Å². The van der Waals surface area contributed by atoms with Crippen LogP contribution in [0, 0.1) is 5.82 Å². The molecule has 0 aromatic heterocycles. The van der Waals surface area contributed by atoms with Crippen LogP contribution in [-0.4, -0.2) is 12.8 Å². The summed E-state index contributed by atoms with van der Waals surface area (Å²) in [7, 11) is 0. The van der Waals surface area contributed by atoms with Gasteiger partial charge in [-0.15, -0.1) is 0 Å². The van der Waals surface area contributed by atoms with Gasteiger partial charge in [0, 0.05) is 6.42 Å². The van der Waals surface area contributed by atoms with Crippen molar-refractivity contribution in [2.75, 3.05) is 0 Å². The molecule has 1 unspecified atom stereocenters. The number of carbonyl (C=O) groups is 1. The van der Waals surface area contributed by atoms with Gasteiger partial charge in [-0.25, -0.2) is 4.39 Å². The molecule has 14 heavy (non-hydrogen) atoms. The molecule has 1 rings (SSSR count). The fourth-order valence-electron chi connectivity index (χ4n) is 0.951. The first-order valence-corrected chi connectivity index (χ1v) is 4.28. The maximum Gasteiger partial charge on any atom is 0.296 e. The molecule has 0 radical (unpaired) electrons. The van der Waals surface area contributed by atoms with Crippen LogP contribution in [0.2, 0.25) is 0 Å². The number of ether oxygens (including phenoxy) is 2. The van der Waals surface area contributed by atoms with Crippen molar-refractivity contribution >= 4 is 6.47 Å². The zero-order valence-electron chi connectivity index (χ0n) is 7.77. The maximum absolute atomic E-state index is 13.1. The summed E-state index contributed by atoms with van der Waals surface area (Å²) in [6, 6.07) is 5.96. The predicted molar refractivity (Wildman–Crippen MR) is 48.3 cm³/mol. The first-order valence-electron chi connectivity index (χ1n) is 4.28. The van der Waals surface area contributed by atoms with Crippen LogP contribution in [0.3, 0.4) is 0 Å². The Hall–Kier alpha value is -1.58. The second-order valence-electron chi connectivity index (χ2n) is 2.62. The van der Waals surface area contributed by atoms with Crippen molar-refractivity contribution in [3.8, 4) is 5.75 Å². The molecule has 0 saturated carbocycles. The van der Waals surface area contributed by atoms with Gasteiger partial charge in [0.05, 0.1) is 0 Å². The molecular weight excluding hydrogens is 187 g/mol. The van der Waals surface area contributed by atoms with Crippen LogP contribution in [0.4, 0.5) is 4.39 Å². The van der Waals surface area contributed by atoms with Crippen molar-refractivity contribution in [3.63, 3.8) is 0 Å². The summed E-state index contributed by atoms with van der Waals surface area (Å²) in [4.78, 5) is 10.1. The average molecular weight is 198 g/mol. The Morgan fingerprint density at radius 3 is 2.79 bits per heavy atom. The maximum atomic E-state index is 13.1. The molecule has 0 amide bonds. The van der Waals surface area contributed by atoms with Crippen LogP contribution in [0.15, 0.2) is 24.3 Å². The third kappa shape index (κ3) is 2.73. The first kappa shape index (κ1) is 10.5. The van der Waals surface area contributed by atoms with Gasteiger partial charge >= 0.3 is 0 Å². The van der Waals surface area contributed by atoms with E-state index in [-0.39, 0.29) is 12.2 Å². The Morgan fingerprint density at radius 2 is 2.21 bits per heavy atom. The minimum atomic E-state index is -0.732. The second-order valence-corrected chi connectivity index (χ2v) is 2.62. The van der Waals surface area contributed by atoms with E-state index in [1.807, 2.05) is 0 Å². The van der Waals surface area contributed by atoms with E-state index in [1.54, 1.807) is 19.1 Å².